The first-order valence-corrected chi connectivity index (χ1v) is 7.02. The molecule has 0 saturated heterocycles. The Bertz CT molecular complexity index is 563. The van der Waals surface area contributed by atoms with Crippen LogP contribution in [-0.2, 0) is 13.0 Å². The maximum absolute atomic E-state index is 8.80. The Morgan fingerprint density at radius 3 is 2.75 bits per heavy atom. The van der Waals surface area contributed by atoms with Crippen molar-refractivity contribution in [2.75, 3.05) is 13.1 Å². The van der Waals surface area contributed by atoms with E-state index in [-0.39, 0.29) is 0 Å². The number of nitriles is 1. The van der Waals surface area contributed by atoms with Gasteiger partial charge in [-0.1, -0.05) is 19.1 Å². The fraction of sp³-hybridized carbons (Fsp3) is 0.375. The summed E-state index contributed by atoms with van der Waals surface area (Å²) in [4.78, 5) is 4.23. The summed E-state index contributed by atoms with van der Waals surface area (Å²) in [6, 6.07) is 9.84. The molecular formula is C16H20N4. The second-order valence-corrected chi connectivity index (χ2v) is 4.82. The van der Waals surface area contributed by atoms with Crippen LogP contribution in [0.3, 0.4) is 0 Å². The molecule has 0 unspecified atom stereocenters. The topological polar surface area (TPSA) is 53.6 Å². The van der Waals surface area contributed by atoms with Gasteiger partial charge in [-0.05, 0) is 30.7 Å². The molecule has 0 fully saturated rings. The molecular weight excluding hydrogens is 248 g/mol. The van der Waals surface area contributed by atoms with Gasteiger partial charge in [0.1, 0.15) is 0 Å². The standard InChI is InChI=1S/C16H20N4/c1-2-8-18-9-7-16-11-19-13-20(16)12-15-5-3-14(10-17)4-6-15/h3-6,11,13,18H,2,7-9,12H2,1H3. The van der Waals surface area contributed by atoms with Gasteiger partial charge in [-0.25, -0.2) is 4.98 Å². The molecule has 1 N–H and O–H groups in total. The summed E-state index contributed by atoms with van der Waals surface area (Å²) in [6.07, 6.45) is 5.94. The average molecular weight is 268 g/mol. The van der Waals surface area contributed by atoms with E-state index in [0.717, 1.165) is 32.5 Å². The van der Waals surface area contributed by atoms with Gasteiger partial charge in [0.05, 0.1) is 18.0 Å². The maximum Gasteiger partial charge on any atom is 0.0991 e. The number of hydrogen-bond acceptors (Lipinski definition) is 3. The second kappa shape index (κ2) is 7.46. The Labute approximate surface area is 120 Å². The van der Waals surface area contributed by atoms with Crippen LogP contribution in [0.5, 0.6) is 0 Å². The number of imidazole rings is 1. The molecule has 2 aromatic rings. The van der Waals surface area contributed by atoms with Crippen molar-refractivity contribution < 1.29 is 0 Å². The molecule has 104 valence electrons. The van der Waals surface area contributed by atoms with Crippen LogP contribution < -0.4 is 5.32 Å². The molecule has 0 aliphatic heterocycles. The van der Waals surface area contributed by atoms with E-state index in [9.17, 15) is 0 Å². The Hall–Kier alpha value is -2.12. The third-order valence-corrected chi connectivity index (χ3v) is 3.22. The van der Waals surface area contributed by atoms with E-state index in [1.807, 2.05) is 36.8 Å². The Kier molecular flexibility index (Phi) is 5.33. The van der Waals surface area contributed by atoms with Crippen LogP contribution in [0, 0.1) is 11.3 Å². The molecule has 0 amide bonds. The summed E-state index contributed by atoms with van der Waals surface area (Å²) in [5, 5.41) is 12.2. The molecule has 1 aromatic heterocycles. The molecule has 0 aliphatic carbocycles. The van der Waals surface area contributed by atoms with Gasteiger partial charge in [-0.15, -0.1) is 0 Å². The Morgan fingerprint density at radius 2 is 2.05 bits per heavy atom. The summed E-state index contributed by atoms with van der Waals surface area (Å²) in [5.74, 6) is 0. The zero-order chi connectivity index (χ0) is 14.2. The maximum atomic E-state index is 8.80. The van der Waals surface area contributed by atoms with Crippen molar-refractivity contribution in [1.29, 1.82) is 5.26 Å². The van der Waals surface area contributed by atoms with Crippen LogP contribution in [0.1, 0.15) is 30.2 Å². The highest BCUT2D eigenvalue weighted by atomic mass is 15.0. The SMILES string of the molecule is CCCNCCc1cncn1Cc1ccc(C#N)cc1. The van der Waals surface area contributed by atoms with Crippen molar-refractivity contribution in [2.45, 2.75) is 26.3 Å². The molecule has 0 radical (unpaired) electrons. The number of aromatic nitrogens is 2. The fourth-order valence-corrected chi connectivity index (χ4v) is 2.10. The number of hydrogen-bond donors (Lipinski definition) is 1. The predicted octanol–water partition coefficient (Wildman–Crippen LogP) is 2.35. The average Bonchev–Trinajstić information content (AvgIpc) is 2.92. The van der Waals surface area contributed by atoms with E-state index in [1.54, 1.807) is 0 Å². The Balaban J connectivity index is 1.95. The van der Waals surface area contributed by atoms with Gasteiger partial charge in [-0.3, -0.25) is 0 Å². The van der Waals surface area contributed by atoms with Crippen molar-refractivity contribution in [3.8, 4) is 6.07 Å². The Morgan fingerprint density at radius 1 is 1.25 bits per heavy atom. The summed E-state index contributed by atoms with van der Waals surface area (Å²) < 4.78 is 2.16. The fourth-order valence-electron chi connectivity index (χ4n) is 2.10. The smallest absolute Gasteiger partial charge is 0.0991 e. The lowest BCUT2D eigenvalue weighted by Crippen LogP contribution is -2.19. The van der Waals surface area contributed by atoms with Gasteiger partial charge in [0.15, 0.2) is 0 Å². The van der Waals surface area contributed by atoms with Gasteiger partial charge in [0, 0.05) is 31.4 Å². The van der Waals surface area contributed by atoms with E-state index in [0.29, 0.717) is 5.56 Å². The first-order chi connectivity index (χ1) is 9.83. The van der Waals surface area contributed by atoms with Gasteiger partial charge in [0.25, 0.3) is 0 Å². The summed E-state index contributed by atoms with van der Waals surface area (Å²) >= 11 is 0. The van der Waals surface area contributed by atoms with E-state index in [4.69, 9.17) is 5.26 Å². The van der Waals surface area contributed by atoms with E-state index in [1.165, 1.54) is 11.3 Å². The summed E-state index contributed by atoms with van der Waals surface area (Å²) in [7, 11) is 0. The molecule has 20 heavy (non-hydrogen) atoms. The largest absolute Gasteiger partial charge is 0.330 e. The highest BCUT2D eigenvalue weighted by Gasteiger charge is 2.03. The van der Waals surface area contributed by atoms with Crippen LogP contribution in [0.25, 0.3) is 0 Å². The monoisotopic (exact) mass is 268 g/mol. The minimum Gasteiger partial charge on any atom is -0.330 e. The van der Waals surface area contributed by atoms with Crippen LogP contribution in [0.15, 0.2) is 36.8 Å². The zero-order valence-electron chi connectivity index (χ0n) is 11.8. The minimum atomic E-state index is 0.698. The molecule has 0 spiro atoms. The van der Waals surface area contributed by atoms with E-state index >= 15 is 0 Å². The molecule has 1 heterocycles. The van der Waals surface area contributed by atoms with Gasteiger partial charge in [0.2, 0.25) is 0 Å². The van der Waals surface area contributed by atoms with Gasteiger partial charge >= 0.3 is 0 Å². The molecule has 4 heteroatoms. The normalized spacial score (nSPS) is 10.4. The molecule has 0 bridgehead atoms. The van der Waals surface area contributed by atoms with Crippen molar-refractivity contribution >= 4 is 0 Å². The lowest BCUT2D eigenvalue weighted by Gasteiger charge is -2.09. The van der Waals surface area contributed by atoms with E-state index in [2.05, 4.69) is 27.9 Å². The lowest BCUT2D eigenvalue weighted by atomic mass is 10.1. The van der Waals surface area contributed by atoms with Crippen molar-refractivity contribution in [2.24, 2.45) is 0 Å². The molecule has 2 rings (SSSR count). The van der Waals surface area contributed by atoms with E-state index < -0.39 is 0 Å². The summed E-state index contributed by atoms with van der Waals surface area (Å²) in [5.41, 5.74) is 3.12. The molecule has 0 atom stereocenters. The molecule has 4 nitrogen and oxygen atoms in total. The first-order valence-electron chi connectivity index (χ1n) is 7.02. The third kappa shape index (κ3) is 3.94. The van der Waals surface area contributed by atoms with Gasteiger partial charge < -0.3 is 9.88 Å². The summed E-state index contributed by atoms with van der Waals surface area (Å²) in [6.45, 7) is 5.01. The predicted molar refractivity (Wildman–Crippen MR) is 79.4 cm³/mol. The number of nitrogens with one attached hydrogen (secondary N) is 1. The third-order valence-electron chi connectivity index (χ3n) is 3.22. The van der Waals surface area contributed by atoms with Crippen LogP contribution in [0.2, 0.25) is 0 Å². The zero-order valence-corrected chi connectivity index (χ0v) is 11.8. The number of rotatable bonds is 7. The van der Waals surface area contributed by atoms with Gasteiger partial charge in [-0.2, -0.15) is 5.26 Å². The van der Waals surface area contributed by atoms with Crippen molar-refractivity contribution in [3.63, 3.8) is 0 Å². The highest BCUT2D eigenvalue weighted by Crippen LogP contribution is 2.08. The van der Waals surface area contributed by atoms with Crippen LogP contribution in [0.4, 0.5) is 0 Å². The molecule has 0 aliphatic rings. The quantitative estimate of drug-likeness (QED) is 0.784. The second-order valence-electron chi connectivity index (χ2n) is 4.82. The van der Waals surface area contributed by atoms with Crippen LogP contribution >= 0.6 is 0 Å². The number of benzene rings is 1. The molecule has 0 saturated carbocycles. The van der Waals surface area contributed by atoms with Crippen molar-refractivity contribution in [3.05, 3.63) is 53.6 Å². The number of nitrogens with zero attached hydrogens (tertiary/aromatic N) is 3. The molecule has 1 aromatic carbocycles. The first kappa shape index (κ1) is 14.3. The highest BCUT2D eigenvalue weighted by molar-refractivity contribution is 5.31. The van der Waals surface area contributed by atoms with Crippen LogP contribution in [-0.4, -0.2) is 22.6 Å². The minimum absolute atomic E-state index is 0.698. The van der Waals surface area contributed by atoms with Crippen molar-refractivity contribution in [1.82, 2.24) is 14.9 Å². The lowest BCUT2D eigenvalue weighted by molar-refractivity contribution is 0.644.